The summed E-state index contributed by atoms with van der Waals surface area (Å²) in [6.07, 6.45) is 0.825. The molecule has 4 rings (SSSR count). The van der Waals surface area contributed by atoms with Crippen molar-refractivity contribution in [3.8, 4) is 11.5 Å². The molecule has 0 N–H and O–H groups in total. The highest BCUT2D eigenvalue weighted by atomic mass is 32.2. The number of ether oxygens (including phenoxy) is 2. The van der Waals surface area contributed by atoms with Crippen molar-refractivity contribution in [1.29, 1.82) is 0 Å². The second-order valence-corrected chi connectivity index (χ2v) is 10.7. The molecule has 2 atom stereocenters. The summed E-state index contributed by atoms with van der Waals surface area (Å²) >= 11 is 1.16. The molecular formula is C19H23N3O6S2. The lowest BCUT2D eigenvalue weighted by Crippen LogP contribution is -2.42. The highest BCUT2D eigenvalue weighted by Crippen LogP contribution is 2.31. The Morgan fingerprint density at radius 2 is 2.07 bits per heavy atom. The molecule has 2 aromatic rings. The standard InChI is InChI=1S/C19H23N3O6S2/c1-22(9-14-10-26-15-4-2-3-5-16(15)27-14)18(23)11-29-19-21-20-17(28-19)8-13-6-7-30(24,25)12-13/h2-5,13-14H,6-12H2,1H3/t13-,14-/m0/s1. The zero-order valence-corrected chi connectivity index (χ0v) is 18.2. The quantitative estimate of drug-likeness (QED) is 0.575. The molecule has 0 bridgehead atoms. The van der Waals surface area contributed by atoms with Gasteiger partial charge in [0.2, 0.25) is 11.8 Å². The van der Waals surface area contributed by atoms with Crippen LogP contribution in [-0.4, -0.2) is 73.0 Å². The van der Waals surface area contributed by atoms with Gasteiger partial charge in [0.1, 0.15) is 6.61 Å². The first kappa shape index (κ1) is 21.0. The Balaban J connectivity index is 1.22. The van der Waals surface area contributed by atoms with Crippen molar-refractivity contribution in [1.82, 2.24) is 15.1 Å². The van der Waals surface area contributed by atoms with Crippen molar-refractivity contribution < 1.29 is 27.1 Å². The zero-order chi connectivity index (χ0) is 21.1. The number of carbonyl (C=O) groups is 1. The van der Waals surface area contributed by atoms with Gasteiger partial charge in [0.15, 0.2) is 27.4 Å². The summed E-state index contributed by atoms with van der Waals surface area (Å²) < 4.78 is 40.2. The van der Waals surface area contributed by atoms with Crippen LogP contribution in [0.15, 0.2) is 33.9 Å². The molecule has 0 aliphatic carbocycles. The number of carbonyl (C=O) groups excluding carboxylic acids is 1. The van der Waals surface area contributed by atoms with Crippen LogP contribution in [0.4, 0.5) is 0 Å². The highest BCUT2D eigenvalue weighted by molar-refractivity contribution is 7.99. The Labute approximate surface area is 179 Å². The van der Waals surface area contributed by atoms with Crippen molar-refractivity contribution >= 4 is 27.5 Å². The number of amides is 1. The van der Waals surface area contributed by atoms with Crippen LogP contribution in [0.3, 0.4) is 0 Å². The van der Waals surface area contributed by atoms with Gasteiger partial charge in [-0.05, 0) is 24.5 Å². The van der Waals surface area contributed by atoms with Crippen LogP contribution in [0.2, 0.25) is 0 Å². The molecule has 1 aromatic carbocycles. The van der Waals surface area contributed by atoms with Gasteiger partial charge < -0.3 is 18.8 Å². The fourth-order valence-electron chi connectivity index (χ4n) is 3.45. The molecular weight excluding hydrogens is 430 g/mol. The Hall–Kier alpha value is -2.27. The van der Waals surface area contributed by atoms with E-state index >= 15 is 0 Å². The SMILES string of the molecule is CN(C[C@H]1COc2ccccc2O1)C(=O)CSc1nnc(C[C@@H]2CCS(=O)(=O)C2)o1. The predicted octanol–water partition coefficient (Wildman–Crippen LogP) is 1.44. The minimum absolute atomic E-state index is 0.0175. The van der Waals surface area contributed by atoms with Crippen LogP contribution in [0.25, 0.3) is 0 Å². The van der Waals surface area contributed by atoms with E-state index < -0.39 is 9.84 Å². The molecule has 162 valence electrons. The smallest absolute Gasteiger partial charge is 0.277 e. The van der Waals surface area contributed by atoms with Crippen LogP contribution >= 0.6 is 11.8 Å². The lowest BCUT2D eigenvalue weighted by Gasteiger charge is -2.29. The van der Waals surface area contributed by atoms with E-state index in [1.54, 1.807) is 11.9 Å². The second-order valence-electron chi connectivity index (χ2n) is 7.50. The van der Waals surface area contributed by atoms with E-state index in [2.05, 4.69) is 10.2 Å². The molecule has 9 nitrogen and oxygen atoms in total. The number of sulfone groups is 1. The van der Waals surface area contributed by atoms with E-state index in [1.165, 1.54) is 0 Å². The maximum atomic E-state index is 12.4. The molecule has 1 aromatic heterocycles. The summed E-state index contributed by atoms with van der Waals surface area (Å²) in [5.74, 6) is 2.26. The minimum atomic E-state index is -2.93. The Morgan fingerprint density at radius 3 is 2.83 bits per heavy atom. The maximum absolute atomic E-state index is 12.4. The van der Waals surface area contributed by atoms with E-state index in [1.807, 2.05) is 24.3 Å². The topological polar surface area (TPSA) is 112 Å². The number of likely N-dealkylation sites (N-methyl/N-ethyl adjacent to an activating group) is 1. The second kappa shape index (κ2) is 8.84. The fourth-order valence-corrected chi connectivity index (χ4v) is 6.04. The van der Waals surface area contributed by atoms with Gasteiger partial charge in [0, 0.05) is 13.5 Å². The van der Waals surface area contributed by atoms with Gasteiger partial charge in [-0.3, -0.25) is 4.79 Å². The van der Waals surface area contributed by atoms with Crippen molar-refractivity contribution in [2.75, 3.05) is 37.5 Å². The van der Waals surface area contributed by atoms with Gasteiger partial charge in [-0.1, -0.05) is 23.9 Å². The summed E-state index contributed by atoms with van der Waals surface area (Å²) in [7, 11) is -1.22. The summed E-state index contributed by atoms with van der Waals surface area (Å²) in [5.41, 5.74) is 0. The molecule has 1 saturated heterocycles. The monoisotopic (exact) mass is 453 g/mol. The van der Waals surface area contributed by atoms with Crippen molar-refractivity contribution in [2.24, 2.45) is 5.92 Å². The third-order valence-electron chi connectivity index (χ3n) is 5.03. The number of benzene rings is 1. The number of rotatable bonds is 7. The van der Waals surface area contributed by atoms with Gasteiger partial charge in [0.05, 0.1) is 23.8 Å². The number of para-hydroxylation sites is 2. The summed E-state index contributed by atoms with van der Waals surface area (Å²) in [5, 5.41) is 8.22. The molecule has 0 radical (unpaired) electrons. The lowest BCUT2D eigenvalue weighted by molar-refractivity contribution is -0.128. The van der Waals surface area contributed by atoms with E-state index in [9.17, 15) is 13.2 Å². The van der Waals surface area contributed by atoms with Gasteiger partial charge >= 0.3 is 0 Å². The highest BCUT2D eigenvalue weighted by Gasteiger charge is 2.29. The third kappa shape index (κ3) is 5.25. The Morgan fingerprint density at radius 1 is 1.27 bits per heavy atom. The van der Waals surface area contributed by atoms with Crippen LogP contribution in [-0.2, 0) is 21.1 Å². The fraction of sp³-hybridized carbons (Fsp3) is 0.526. The molecule has 3 heterocycles. The van der Waals surface area contributed by atoms with Crippen LogP contribution < -0.4 is 9.47 Å². The van der Waals surface area contributed by atoms with Crippen molar-refractivity contribution in [2.45, 2.75) is 24.2 Å². The van der Waals surface area contributed by atoms with Crippen molar-refractivity contribution in [3.63, 3.8) is 0 Å². The third-order valence-corrected chi connectivity index (χ3v) is 7.67. The first-order valence-electron chi connectivity index (χ1n) is 9.66. The van der Waals surface area contributed by atoms with Gasteiger partial charge in [-0.15, -0.1) is 10.2 Å². The summed E-state index contributed by atoms with van der Waals surface area (Å²) in [6, 6.07) is 7.45. The predicted molar refractivity (Wildman–Crippen MR) is 109 cm³/mol. The van der Waals surface area contributed by atoms with Crippen LogP contribution in [0.5, 0.6) is 11.5 Å². The molecule has 30 heavy (non-hydrogen) atoms. The first-order valence-corrected chi connectivity index (χ1v) is 12.5. The van der Waals surface area contributed by atoms with E-state index in [4.69, 9.17) is 13.9 Å². The Bertz CT molecular complexity index is 1010. The molecule has 0 unspecified atom stereocenters. The van der Waals surface area contributed by atoms with Crippen LogP contribution in [0.1, 0.15) is 12.3 Å². The summed E-state index contributed by atoms with van der Waals surface area (Å²) in [6.45, 7) is 0.782. The number of aromatic nitrogens is 2. The minimum Gasteiger partial charge on any atom is -0.486 e. The lowest BCUT2D eigenvalue weighted by atomic mass is 10.1. The number of hydrogen-bond acceptors (Lipinski definition) is 9. The van der Waals surface area contributed by atoms with Crippen molar-refractivity contribution in [3.05, 3.63) is 30.2 Å². The molecule has 1 amide bonds. The van der Waals surface area contributed by atoms with E-state index in [-0.39, 0.29) is 35.2 Å². The number of fused-ring (bicyclic) bond motifs is 1. The zero-order valence-electron chi connectivity index (χ0n) is 16.5. The maximum Gasteiger partial charge on any atom is 0.277 e. The number of hydrogen-bond donors (Lipinski definition) is 0. The van der Waals surface area contributed by atoms with Crippen LogP contribution in [0, 0.1) is 5.92 Å². The average molecular weight is 454 g/mol. The molecule has 2 aliphatic heterocycles. The van der Waals surface area contributed by atoms with Gasteiger partial charge in [0.25, 0.3) is 5.22 Å². The first-order chi connectivity index (χ1) is 14.4. The molecule has 11 heteroatoms. The molecule has 0 spiro atoms. The molecule has 2 aliphatic rings. The van der Waals surface area contributed by atoms with Gasteiger partial charge in [-0.25, -0.2) is 8.42 Å². The Kier molecular flexibility index (Phi) is 6.19. The number of nitrogens with zero attached hydrogens (tertiary/aromatic N) is 3. The van der Waals surface area contributed by atoms with E-state index in [0.717, 1.165) is 11.8 Å². The average Bonchev–Trinajstić information content (AvgIpc) is 3.31. The largest absolute Gasteiger partial charge is 0.486 e. The normalized spacial score (nSPS) is 22.0. The van der Waals surface area contributed by atoms with Gasteiger partial charge in [-0.2, -0.15) is 0 Å². The number of thioether (sulfide) groups is 1. The van der Waals surface area contributed by atoms with E-state index in [0.29, 0.717) is 48.6 Å². The molecule has 0 saturated carbocycles. The molecule has 1 fully saturated rings. The summed E-state index contributed by atoms with van der Waals surface area (Å²) in [4.78, 5) is 14.0.